The molecule has 5 heteroatoms. The van der Waals surface area contributed by atoms with Crippen LogP contribution in [-0.4, -0.2) is 18.3 Å². The van der Waals surface area contributed by atoms with Crippen LogP contribution in [-0.2, 0) is 13.2 Å². The molecular weight excluding hydrogens is 317 g/mol. The molecule has 0 saturated heterocycles. The van der Waals surface area contributed by atoms with E-state index in [9.17, 15) is 4.39 Å². The van der Waals surface area contributed by atoms with Crippen LogP contribution < -0.4 is 10.1 Å². The number of halogens is 2. The van der Waals surface area contributed by atoms with Gasteiger partial charge in [-0.15, -0.1) is 0 Å². The molecule has 0 spiro atoms. The molecule has 0 bridgehead atoms. The van der Waals surface area contributed by atoms with Gasteiger partial charge in [-0.2, -0.15) is 0 Å². The smallest absolute Gasteiger partial charge is 0.124 e. The van der Waals surface area contributed by atoms with Gasteiger partial charge in [0.05, 0.1) is 5.02 Å². The van der Waals surface area contributed by atoms with E-state index in [-0.39, 0.29) is 12.4 Å². The van der Waals surface area contributed by atoms with Gasteiger partial charge in [0.15, 0.2) is 0 Å². The summed E-state index contributed by atoms with van der Waals surface area (Å²) in [5.41, 5.74) is 1.87. The maximum atomic E-state index is 13.0. The van der Waals surface area contributed by atoms with E-state index in [2.05, 4.69) is 5.32 Å². The number of hydrogen-bond acceptors (Lipinski definition) is 3. The van der Waals surface area contributed by atoms with Crippen molar-refractivity contribution in [3.63, 3.8) is 0 Å². The molecule has 2 aromatic carbocycles. The number of rotatable bonds is 9. The Kier molecular flexibility index (Phi) is 7.33. The van der Waals surface area contributed by atoms with Crippen molar-refractivity contribution in [3.8, 4) is 5.75 Å². The second kappa shape index (κ2) is 9.50. The normalized spacial score (nSPS) is 10.7. The predicted molar refractivity (Wildman–Crippen MR) is 90.2 cm³/mol. The minimum atomic E-state index is -0.354. The largest absolute Gasteiger partial charge is 0.489 e. The Balaban J connectivity index is 1.84. The van der Waals surface area contributed by atoms with Gasteiger partial charge in [-0.1, -0.05) is 29.8 Å². The van der Waals surface area contributed by atoms with Gasteiger partial charge in [-0.25, -0.2) is 4.39 Å². The second-order valence-corrected chi connectivity index (χ2v) is 5.69. The number of unbranched alkanes of at least 4 members (excludes halogenated alkanes) is 1. The maximum Gasteiger partial charge on any atom is 0.124 e. The van der Waals surface area contributed by atoms with Crippen molar-refractivity contribution in [1.82, 2.24) is 5.32 Å². The Morgan fingerprint density at radius 2 is 2.00 bits per heavy atom. The zero-order valence-electron chi connectivity index (χ0n) is 12.9. The van der Waals surface area contributed by atoms with Gasteiger partial charge in [0.25, 0.3) is 0 Å². The van der Waals surface area contributed by atoms with Crippen LogP contribution in [0.4, 0.5) is 4.39 Å². The third-order valence-corrected chi connectivity index (χ3v) is 3.75. The summed E-state index contributed by atoms with van der Waals surface area (Å²) in [5, 5.41) is 12.4. The molecule has 2 N–H and O–H groups in total. The van der Waals surface area contributed by atoms with E-state index < -0.39 is 0 Å². The molecule has 0 aliphatic rings. The average Bonchev–Trinajstić information content (AvgIpc) is 2.54. The average molecular weight is 338 g/mol. The van der Waals surface area contributed by atoms with Crippen LogP contribution in [0, 0.1) is 5.82 Å². The minimum Gasteiger partial charge on any atom is -0.489 e. The fourth-order valence-corrected chi connectivity index (χ4v) is 2.36. The van der Waals surface area contributed by atoms with E-state index in [0.29, 0.717) is 11.6 Å². The van der Waals surface area contributed by atoms with Crippen molar-refractivity contribution in [2.45, 2.75) is 26.0 Å². The highest BCUT2D eigenvalue weighted by atomic mass is 35.5. The Morgan fingerprint density at radius 1 is 1.13 bits per heavy atom. The Labute approximate surface area is 141 Å². The number of ether oxygens (including phenoxy) is 1. The molecular formula is C18H21ClFNO2. The first kappa shape index (κ1) is 17.7. The van der Waals surface area contributed by atoms with E-state index in [1.807, 2.05) is 24.3 Å². The monoisotopic (exact) mass is 337 g/mol. The number of nitrogens with one attached hydrogen (secondary N) is 1. The van der Waals surface area contributed by atoms with E-state index in [0.717, 1.165) is 42.8 Å². The fraction of sp³-hybridized carbons (Fsp3) is 0.333. The van der Waals surface area contributed by atoms with Crippen molar-refractivity contribution in [1.29, 1.82) is 0 Å². The second-order valence-electron chi connectivity index (χ2n) is 5.28. The van der Waals surface area contributed by atoms with Crippen molar-refractivity contribution in [2.24, 2.45) is 0 Å². The number of hydrogen-bond donors (Lipinski definition) is 2. The molecule has 3 nitrogen and oxygen atoms in total. The first-order chi connectivity index (χ1) is 11.2. The van der Waals surface area contributed by atoms with Crippen LogP contribution in [0.1, 0.15) is 24.0 Å². The molecule has 0 aliphatic carbocycles. The Bertz CT molecular complexity index is 622. The third-order valence-electron chi connectivity index (χ3n) is 3.40. The van der Waals surface area contributed by atoms with E-state index in [4.69, 9.17) is 21.4 Å². The molecule has 0 amide bonds. The molecule has 0 unspecified atom stereocenters. The van der Waals surface area contributed by atoms with Crippen molar-refractivity contribution < 1.29 is 14.2 Å². The van der Waals surface area contributed by atoms with Crippen LogP contribution in [0.5, 0.6) is 5.75 Å². The lowest BCUT2D eigenvalue weighted by Gasteiger charge is -2.10. The maximum absolute atomic E-state index is 13.0. The summed E-state index contributed by atoms with van der Waals surface area (Å²) in [6.07, 6.45) is 1.77. The highest BCUT2D eigenvalue weighted by molar-refractivity contribution is 6.31. The Hall–Kier alpha value is -1.62. The first-order valence-corrected chi connectivity index (χ1v) is 8.04. The zero-order valence-corrected chi connectivity index (χ0v) is 13.7. The summed E-state index contributed by atoms with van der Waals surface area (Å²) in [6.45, 7) is 2.15. The van der Waals surface area contributed by atoms with Crippen LogP contribution in [0.25, 0.3) is 0 Å². The molecule has 124 valence electrons. The van der Waals surface area contributed by atoms with Crippen molar-refractivity contribution in [3.05, 3.63) is 64.4 Å². The summed E-state index contributed by atoms with van der Waals surface area (Å²) >= 11 is 5.99. The minimum absolute atomic E-state index is 0.233. The van der Waals surface area contributed by atoms with Gasteiger partial charge in [0.1, 0.15) is 18.2 Å². The van der Waals surface area contributed by atoms with Crippen molar-refractivity contribution >= 4 is 11.6 Å². The topological polar surface area (TPSA) is 41.5 Å². The zero-order chi connectivity index (χ0) is 16.5. The predicted octanol–water partition coefficient (Wildman–Crippen LogP) is 3.92. The van der Waals surface area contributed by atoms with Crippen LogP contribution in [0.15, 0.2) is 42.5 Å². The summed E-state index contributed by atoms with van der Waals surface area (Å²) in [7, 11) is 0. The molecule has 0 aliphatic heterocycles. The molecule has 0 radical (unpaired) electrons. The van der Waals surface area contributed by atoms with Crippen LogP contribution in [0.3, 0.4) is 0 Å². The van der Waals surface area contributed by atoms with E-state index in [1.165, 1.54) is 12.1 Å². The molecule has 0 fully saturated rings. The molecule has 0 heterocycles. The molecule has 0 atom stereocenters. The third kappa shape index (κ3) is 6.18. The van der Waals surface area contributed by atoms with Gasteiger partial charge in [0, 0.05) is 18.7 Å². The lowest BCUT2D eigenvalue weighted by Crippen LogP contribution is -2.15. The molecule has 23 heavy (non-hydrogen) atoms. The fourth-order valence-electron chi connectivity index (χ4n) is 2.14. The number of aliphatic hydroxyl groups is 1. The molecule has 0 saturated carbocycles. The van der Waals surface area contributed by atoms with Gasteiger partial charge < -0.3 is 15.2 Å². The van der Waals surface area contributed by atoms with Gasteiger partial charge in [0.2, 0.25) is 0 Å². The van der Waals surface area contributed by atoms with Gasteiger partial charge in [-0.3, -0.25) is 0 Å². The van der Waals surface area contributed by atoms with Crippen molar-refractivity contribution in [2.75, 3.05) is 13.2 Å². The quantitative estimate of drug-likeness (QED) is 0.681. The lowest BCUT2D eigenvalue weighted by atomic mass is 10.2. The van der Waals surface area contributed by atoms with Gasteiger partial charge in [-0.05, 0) is 49.2 Å². The summed E-state index contributed by atoms with van der Waals surface area (Å²) in [6, 6.07) is 12.1. The van der Waals surface area contributed by atoms with Crippen LogP contribution >= 0.6 is 11.6 Å². The molecule has 2 aromatic rings. The summed E-state index contributed by atoms with van der Waals surface area (Å²) in [5.74, 6) is 0.396. The number of aliphatic hydroxyl groups excluding tert-OH is 1. The first-order valence-electron chi connectivity index (χ1n) is 7.66. The van der Waals surface area contributed by atoms with E-state index in [1.54, 1.807) is 6.07 Å². The number of benzene rings is 2. The van der Waals surface area contributed by atoms with Crippen LogP contribution in [0.2, 0.25) is 5.02 Å². The highest BCUT2D eigenvalue weighted by Gasteiger charge is 2.04. The standard InChI is InChI=1S/C18H21ClFNO2/c19-18-11-16(20)7-6-15(18)13-23-17-5-3-4-14(10-17)12-21-8-1-2-9-22/h3-7,10-11,21-22H,1-2,8-9,12-13H2. The van der Waals surface area contributed by atoms with Gasteiger partial charge >= 0.3 is 0 Å². The SMILES string of the molecule is OCCCCNCc1cccc(OCc2ccc(F)cc2Cl)c1. The van der Waals surface area contributed by atoms with E-state index >= 15 is 0 Å². The Morgan fingerprint density at radius 3 is 2.78 bits per heavy atom. The lowest BCUT2D eigenvalue weighted by molar-refractivity contribution is 0.283. The molecule has 0 aromatic heterocycles. The highest BCUT2D eigenvalue weighted by Crippen LogP contribution is 2.20. The summed E-state index contributed by atoms with van der Waals surface area (Å²) in [4.78, 5) is 0. The molecule has 2 rings (SSSR count). The summed E-state index contributed by atoms with van der Waals surface area (Å²) < 4.78 is 18.7.